The van der Waals surface area contributed by atoms with Gasteiger partial charge >= 0.3 is 6.03 Å². The summed E-state index contributed by atoms with van der Waals surface area (Å²) < 4.78 is 7.90. The Kier molecular flexibility index (Phi) is 5.30. The van der Waals surface area contributed by atoms with Gasteiger partial charge < -0.3 is 19.5 Å². The Morgan fingerprint density at radius 1 is 1.10 bits per heavy atom. The number of fused-ring (bicyclic) bond motifs is 3. The minimum absolute atomic E-state index is 0.0448. The molecule has 0 aliphatic carbocycles. The summed E-state index contributed by atoms with van der Waals surface area (Å²) in [5.41, 5.74) is 4.07. The molecule has 5 nitrogen and oxygen atoms in total. The number of carbonyl (C=O) groups is 1. The second-order valence-electron chi connectivity index (χ2n) is 7.61. The van der Waals surface area contributed by atoms with Crippen molar-refractivity contribution in [3.8, 4) is 11.4 Å². The van der Waals surface area contributed by atoms with Gasteiger partial charge in [-0.2, -0.15) is 0 Å². The number of hydrogen-bond acceptors (Lipinski definition) is 2. The molecule has 3 aromatic rings. The van der Waals surface area contributed by atoms with Gasteiger partial charge in [0.05, 0.1) is 30.6 Å². The lowest BCUT2D eigenvalue weighted by atomic mass is 9.99. The van der Waals surface area contributed by atoms with Gasteiger partial charge in [-0.15, -0.1) is 0 Å². The number of nitrogens with zero attached hydrogens (tertiary/aromatic N) is 2. The van der Waals surface area contributed by atoms with Crippen LogP contribution in [0.5, 0.6) is 5.75 Å². The van der Waals surface area contributed by atoms with Crippen LogP contribution in [0.2, 0.25) is 0 Å². The van der Waals surface area contributed by atoms with Gasteiger partial charge in [-0.05, 0) is 48.7 Å². The van der Waals surface area contributed by atoms with Gasteiger partial charge in [-0.3, -0.25) is 0 Å². The summed E-state index contributed by atoms with van der Waals surface area (Å²) in [7, 11) is 0. The standard InChI is InChI=1S/C24H27N3O2/c1-4-29-22-14-8-6-11-19(22)25-24(28)27-16-18-10-5-7-12-20(18)26-15-9-13-21(26)23(27)17(2)3/h5-15,17,23H,4,16H2,1-3H3,(H,25,28)/t23-/m1/s1. The number of anilines is 1. The van der Waals surface area contributed by atoms with Crippen molar-refractivity contribution in [1.29, 1.82) is 0 Å². The lowest BCUT2D eigenvalue weighted by Crippen LogP contribution is -2.39. The van der Waals surface area contributed by atoms with Crippen molar-refractivity contribution >= 4 is 11.7 Å². The van der Waals surface area contributed by atoms with Gasteiger partial charge in [0.15, 0.2) is 0 Å². The van der Waals surface area contributed by atoms with E-state index in [1.807, 2.05) is 54.3 Å². The first-order chi connectivity index (χ1) is 14.1. The van der Waals surface area contributed by atoms with Crippen LogP contribution in [-0.2, 0) is 6.54 Å². The maximum Gasteiger partial charge on any atom is 0.322 e. The predicted octanol–water partition coefficient (Wildman–Crippen LogP) is 5.62. The van der Waals surface area contributed by atoms with E-state index in [9.17, 15) is 4.79 Å². The molecule has 150 valence electrons. The molecule has 1 N–H and O–H groups in total. The number of amides is 2. The topological polar surface area (TPSA) is 46.5 Å². The van der Waals surface area contributed by atoms with Gasteiger partial charge in [-0.25, -0.2) is 4.79 Å². The maximum absolute atomic E-state index is 13.5. The largest absolute Gasteiger partial charge is 0.492 e. The third-order valence-electron chi connectivity index (χ3n) is 5.33. The van der Waals surface area contributed by atoms with Crippen molar-refractivity contribution in [2.75, 3.05) is 11.9 Å². The SMILES string of the molecule is CCOc1ccccc1NC(=O)N1Cc2ccccc2-n2cccc2[C@H]1C(C)C. The third kappa shape index (κ3) is 3.60. The Balaban J connectivity index is 1.73. The zero-order chi connectivity index (χ0) is 20.4. The molecular weight excluding hydrogens is 362 g/mol. The number of para-hydroxylation sites is 3. The Bertz CT molecular complexity index is 1010. The maximum atomic E-state index is 13.5. The molecule has 0 spiro atoms. The summed E-state index contributed by atoms with van der Waals surface area (Å²) in [6.45, 7) is 7.35. The van der Waals surface area contributed by atoms with Crippen LogP contribution < -0.4 is 10.1 Å². The second kappa shape index (κ2) is 8.03. The Morgan fingerprint density at radius 3 is 2.66 bits per heavy atom. The summed E-state index contributed by atoms with van der Waals surface area (Å²) in [5.74, 6) is 0.939. The third-order valence-corrected chi connectivity index (χ3v) is 5.33. The fourth-order valence-corrected chi connectivity index (χ4v) is 4.11. The van der Waals surface area contributed by atoms with E-state index < -0.39 is 0 Å². The molecule has 2 aromatic carbocycles. The van der Waals surface area contributed by atoms with Crippen LogP contribution in [0.4, 0.5) is 10.5 Å². The average Bonchev–Trinajstić information content (AvgIpc) is 3.13. The van der Waals surface area contributed by atoms with E-state index in [1.54, 1.807) is 0 Å². The highest BCUT2D eigenvalue weighted by atomic mass is 16.5. The molecule has 1 atom stereocenters. The highest BCUT2D eigenvalue weighted by molar-refractivity contribution is 5.91. The molecule has 4 rings (SSSR count). The fraction of sp³-hybridized carbons (Fsp3) is 0.292. The number of urea groups is 1. The van der Waals surface area contributed by atoms with Crippen molar-refractivity contribution in [1.82, 2.24) is 9.47 Å². The molecule has 0 fully saturated rings. The van der Waals surface area contributed by atoms with E-state index >= 15 is 0 Å². The molecule has 1 aliphatic rings. The van der Waals surface area contributed by atoms with Gasteiger partial charge in [0, 0.05) is 11.9 Å². The molecular formula is C24H27N3O2. The summed E-state index contributed by atoms with van der Waals surface area (Å²) >= 11 is 0. The number of aromatic nitrogens is 1. The normalized spacial score (nSPS) is 15.4. The van der Waals surface area contributed by atoms with Gasteiger partial charge in [0.2, 0.25) is 0 Å². The number of carbonyl (C=O) groups excluding carboxylic acids is 1. The van der Waals surface area contributed by atoms with Crippen molar-refractivity contribution in [3.05, 3.63) is 78.1 Å². The van der Waals surface area contributed by atoms with E-state index in [0.717, 1.165) is 16.9 Å². The number of ether oxygens (including phenoxy) is 1. The molecule has 5 heteroatoms. The molecule has 1 aliphatic heterocycles. The van der Waals surface area contributed by atoms with Crippen molar-refractivity contribution in [3.63, 3.8) is 0 Å². The lowest BCUT2D eigenvalue weighted by Gasteiger charge is -2.33. The van der Waals surface area contributed by atoms with Crippen molar-refractivity contribution < 1.29 is 9.53 Å². The first-order valence-electron chi connectivity index (χ1n) is 10.1. The quantitative estimate of drug-likeness (QED) is 0.629. The average molecular weight is 389 g/mol. The Hall–Kier alpha value is -3.21. The van der Waals surface area contributed by atoms with E-state index in [1.165, 1.54) is 0 Å². The number of rotatable bonds is 4. The lowest BCUT2D eigenvalue weighted by molar-refractivity contribution is 0.162. The molecule has 0 bridgehead atoms. The smallest absolute Gasteiger partial charge is 0.322 e. The molecule has 0 unspecified atom stereocenters. The molecule has 0 saturated carbocycles. The highest BCUT2D eigenvalue weighted by Crippen LogP contribution is 2.37. The summed E-state index contributed by atoms with van der Waals surface area (Å²) in [6.07, 6.45) is 2.08. The van der Waals surface area contributed by atoms with Crippen LogP contribution in [0, 0.1) is 5.92 Å². The van der Waals surface area contributed by atoms with E-state index in [4.69, 9.17) is 4.74 Å². The van der Waals surface area contributed by atoms with E-state index in [0.29, 0.717) is 24.6 Å². The Morgan fingerprint density at radius 2 is 1.86 bits per heavy atom. The van der Waals surface area contributed by atoms with Gasteiger partial charge in [-0.1, -0.05) is 44.2 Å². The number of hydrogen-bond donors (Lipinski definition) is 1. The first-order valence-corrected chi connectivity index (χ1v) is 10.1. The van der Waals surface area contributed by atoms with Crippen molar-refractivity contribution in [2.45, 2.75) is 33.4 Å². The minimum atomic E-state index is -0.125. The van der Waals surface area contributed by atoms with Crippen LogP contribution in [0.15, 0.2) is 66.9 Å². The fourth-order valence-electron chi connectivity index (χ4n) is 4.11. The minimum Gasteiger partial charge on any atom is -0.492 e. The van der Waals surface area contributed by atoms with Crippen LogP contribution in [0.1, 0.15) is 38.1 Å². The zero-order valence-corrected chi connectivity index (χ0v) is 17.1. The van der Waals surface area contributed by atoms with Crippen LogP contribution in [0.3, 0.4) is 0 Å². The van der Waals surface area contributed by atoms with Gasteiger partial charge in [0.1, 0.15) is 5.75 Å². The van der Waals surface area contributed by atoms with E-state index in [2.05, 4.69) is 48.1 Å². The van der Waals surface area contributed by atoms with E-state index in [-0.39, 0.29) is 18.0 Å². The predicted molar refractivity (Wildman–Crippen MR) is 116 cm³/mol. The molecule has 2 heterocycles. The Labute approximate surface area is 171 Å². The summed E-state index contributed by atoms with van der Waals surface area (Å²) in [6, 6.07) is 19.8. The number of benzene rings is 2. The molecule has 1 aromatic heterocycles. The zero-order valence-electron chi connectivity index (χ0n) is 17.1. The number of nitrogens with one attached hydrogen (secondary N) is 1. The summed E-state index contributed by atoms with van der Waals surface area (Å²) in [4.78, 5) is 15.4. The second-order valence-corrected chi connectivity index (χ2v) is 7.61. The summed E-state index contributed by atoms with van der Waals surface area (Å²) in [5, 5.41) is 3.08. The van der Waals surface area contributed by atoms with Crippen LogP contribution >= 0.6 is 0 Å². The van der Waals surface area contributed by atoms with Crippen molar-refractivity contribution in [2.24, 2.45) is 5.92 Å². The highest BCUT2D eigenvalue weighted by Gasteiger charge is 2.33. The molecule has 0 saturated heterocycles. The van der Waals surface area contributed by atoms with Gasteiger partial charge in [0.25, 0.3) is 0 Å². The molecule has 2 amide bonds. The van der Waals surface area contributed by atoms with Crippen LogP contribution in [-0.4, -0.2) is 22.1 Å². The molecule has 29 heavy (non-hydrogen) atoms. The van der Waals surface area contributed by atoms with Crippen LogP contribution in [0.25, 0.3) is 5.69 Å². The first kappa shape index (κ1) is 19.1. The monoisotopic (exact) mass is 389 g/mol. The molecule has 0 radical (unpaired) electrons.